The molecule has 162 valence electrons. The Hall–Kier alpha value is -4.00. The Morgan fingerprint density at radius 3 is 2.41 bits per heavy atom. The SMILES string of the molecule is CC(Nc1ncnc(NCc2ccc(CC(N)=O)cc2)c1F)c1ccc2ccccc2c1. The van der Waals surface area contributed by atoms with Gasteiger partial charge in [0.05, 0.1) is 12.5 Å². The number of amides is 1. The molecule has 0 fully saturated rings. The maximum Gasteiger partial charge on any atom is 0.221 e. The fraction of sp³-hybridized carbons (Fsp3) is 0.160. The van der Waals surface area contributed by atoms with E-state index in [9.17, 15) is 4.79 Å². The normalized spacial score (nSPS) is 11.8. The van der Waals surface area contributed by atoms with Gasteiger partial charge in [-0.1, -0.05) is 60.7 Å². The van der Waals surface area contributed by atoms with Crippen LogP contribution in [-0.4, -0.2) is 15.9 Å². The second-order valence-electron chi connectivity index (χ2n) is 7.67. The highest BCUT2D eigenvalue weighted by Crippen LogP contribution is 2.25. The molecule has 0 saturated heterocycles. The average molecular weight is 429 g/mol. The molecule has 0 bridgehead atoms. The minimum atomic E-state index is -0.537. The van der Waals surface area contributed by atoms with Crippen molar-refractivity contribution in [3.8, 4) is 0 Å². The quantitative estimate of drug-likeness (QED) is 0.381. The number of anilines is 2. The van der Waals surface area contributed by atoms with E-state index in [1.807, 2.05) is 49.4 Å². The molecule has 0 aliphatic carbocycles. The molecule has 1 atom stereocenters. The van der Waals surface area contributed by atoms with E-state index in [2.05, 4.69) is 44.9 Å². The Morgan fingerprint density at radius 1 is 0.969 bits per heavy atom. The van der Waals surface area contributed by atoms with Crippen LogP contribution in [0.3, 0.4) is 0 Å². The van der Waals surface area contributed by atoms with Crippen LogP contribution < -0.4 is 16.4 Å². The molecule has 6 nitrogen and oxygen atoms in total. The molecule has 1 heterocycles. The number of halogens is 1. The molecule has 0 aliphatic heterocycles. The molecule has 1 unspecified atom stereocenters. The van der Waals surface area contributed by atoms with Crippen LogP contribution in [0.5, 0.6) is 0 Å². The molecule has 32 heavy (non-hydrogen) atoms. The van der Waals surface area contributed by atoms with Gasteiger partial charge in [0.15, 0.2) is 11.6 Å². The maximum atomic E-state index is 15.0. The zero-order chi connectivity index (χ0) is 22.5. The van der Waals surface area contributed by atoms with E-state index in [0.29, 0.717) is 6.54 Å². The molecule has 0 radical (unpaired) electrons. The number of primary amides is 1. The summed E-state index contributed by atoms with van der Waals surface area (Å²) in [5.41, 5.74) is 8.01. The third-order valence-corrected chi connectivity index (χ3v) is 5.28. The zero-order valence-corrected chi connectivity index (χ0v) is 17.7. The van der Waals surface area contributed by atoms with Crippen LogP contribution in [0.2, 0.25) is 0 Å². The number of benzene rings is 3. The molecule has 1 aromatic heterocycles. The number of nitrogens with zero attached hydrogens (tertiary/aromatic N) is 2. The smallest absolute Gasteiger partial charge is 0.221 e. The Morgan fingerprint density at radius 2 is 1.66 bits per heavy atom. The number of nitrogens with one attached hydrogen (secondary N) is 2. The van der Waals surface area contributed by atoms with Gasteiger partial charge in [-0.15, -0.1) is 0 Å². The van der Waals surface area contributed by atoms with E-state index in [4.69, 9.17) is 5.73 Å². The van der Waals surface area contributed by atoms with Crippen molar-refractivity contribution in [3.63, 3.8) is 0 Å². The molecular weight excluding hydrogens is 405 g/mol. The summed E-state index contributed by atoms with van der Waals surface area (Å²) in [5.74, 6) is -0.656. The number of nitrogens with two attached hydrogens (primary N) is 1. The minimum absolute atomic E-state index is 0.120. The van der Waals surface area contributed by atoms with Crippen molar-refractivity contribution in [2.75, 3.05) is 10.6 Å². The van der Waals surface area contributed by atoms with Gasteiger partial charge in [0.2, 0.25) is 11.7 Å². The van der Waals surface area contributed by atoms with Gasteiger partial charge >= 0.3 is 0 Å². The molecule has 0 saturated carbocycles. The second-order valence-corrected chi connectivity index (χ2v) is 7.67. The first-order valence-corrected chi connectivity index (χ1v) is 10.4. The van der Waals surface area contributed by atoms with Gasteiger partial charge in [-0.05, 0) is 40.5 Å². The lowest BCUT2D eigenvalue weighted by molar-refractivity contribution is -0.117. The third-order valence-electron chi connectivity index (χ3n) is 5.28. The summed E-state index contributed by atoms with van der Waals surface area (Å²) >= 11 is 0. The fourth-order valence-electron chi connectivity index (χ4n) is 3.52. The molecule has 4 rings (SSSR count). The highest BCUT2D eigenvalue weighted by molar-refractivity contribution is 5.83. The van der Waals surface area contributed by atoms with Gasteiger partial charge < -0.3 is 16.4 Å². The van der Waals surface area contributed by atoms with E-state index < -0.39 is 5.82 Å². The topological polar surface area (TPSA) is 92.9 Å². The van der Waals surface area contributed by atoms with Gasteiger partial charge in [0.25, 0.3) is 0 Å². The van der Waals surface area contributed by atoms with Crippen molar-refractivity contribution < 1.29 is 9.18 Å². The van der Waals surface area contributed by atoms with E-state index in [0.717, 1.165) is 27.5 Å². The van der Waals surface area contributed by atoms with Crippen molar-refractivity contribution >= 4 is 28.3 Å². The number of rotatable bonds is 8. The Labute approximate surface area is 185 Å². The van der Waals surface area contributed by atoms with E-state index in [-0.39, 0.29) is 30.0 Å². The highest BCUT2D eigenvalue weighted by atomic mass is 19.1. The summed E-state index contributed by atoms with van der Waals surface area (Å²) in [6, 6.07) is 21.5. The van der Waals surface area contributed by atoms with Gasteiger partial charge in [-0.25, -0.2) is 9.97 Å². The third kappa shape index (κ3) is 5.00. The summed E-state index contributed by atoms with van der Waals surface area (Å²) in [4.78, 5) is 19.1. The molecule has 4 aromatic rings. The van der Waals surface area contributed by atoms with Crippen LogP contribution in [-0.2, 0) is 17.8 Å². The molecule has 7 heteroatoms. The first-order chi connectivity index (χ1) is 15.5. The van der Waals surface area contributed by atoms with E-state index >= 15 is 4.39 Å². The van der Waals surface area contributed by atoms with Gasteiger partial charge in [-0.3, -0.25) is 4.79 Å². The summed E-state index contributed by atoms with van der Waals surface area (Å²) in [6.07, 6.45) is 1.52. The van der Waals surface area contributed by atoms with Crippen molar-refractivity contribution in [2.24, 2.45) is 5.73 Å². The number of aromatic nitrogens is 2. The number of carbonyl (C=O) groups is 1. The Kier molecular flexibility index (Phi) is 6.26. The van der Waals surface area contributed by atoms with Crippen molar-refractivity contribution in [2.45, 2.75) is 25.9 Å². The lowest BCUT2D eigenvalue weighted by Gasteiger charge is -2.17. The van der Waals surface area contributed by atoms with E-state index in [1.54, 1.807) is 0 Å². The van der Waals surface area contributed by atoms with Crippen molar-refractivity contribution in [1.29, 1.82) is 0 Å². The minimum Gasteiger partial charge on any atom is -0.369 e. The number of fused-ring (bicyclic) bond motifs is 1. The van der Waals surface area contributed by atoms with Crippen molar-refractivity contribution in [1.82, 2.24) is 9.97 Å². The molecule has 0 aliphatic rings. The number of hydrogen-bond acceptors (Lipinski definition) is 5. The lowest BCUT2D eigenvalue weighted by Crippen LogP contribution is -2.13. The van der Waals surface area contributed by atoms with Crippen LogP contribution in [0, 0.1) is 5.82 Å². The Bertz CT molecular complexity index is 1240. The second kappa shape index (κ2) is 9.43. The molecular formula is C25H24FN5O. The largest absolute Gasteiger partial charge is 0.369 e. The predicted molar refractivity (Wildman–Crippen MR) is 125 cm³/mol. The molecule has 0 spiro atoms. The average Bonchev–Trinajstić information content (AvgIpc) is 2.80. The molecule has 1 amide bonds. The van der Waals surface area contributed by atoms with Crippen LogP contribution >= 0.6 is 0 Å². The number of hydrogen-bond donors (Lipinski definition) is 3. The first-order valence-electron chi connectivity index (χ1n) is 10.4. The summed E-state index contributed by atoms with van der Waals surface area (Å²) < 4.78 is 15.0. The van der Waals surface area contributed by atoms with Gasteiger partial charge in [0, 0.05) is 6.54 Å². The Balaban J connectivity index is 1.44. The summed E-state index contributed by atoms with van der Waals surface area (Å²) in [7, 11) is 0. The summed E-state index contributed by atoms with van der Waals surface area (Å²) in [5, 5.41) is 8.44. The highest BCUT2D eigenvalue weighted by Gasteiger charge is 2.14. The standard InChI is InChI=1S/C25H24FN5O/c1-16(20-11-10-19-4-2-3-5-21(19)13-20)31-25-23(26)24(29-15-30-25)28-14-18-8-6-17(7-9-18)12-22(27)32/h2-11,13,15-16H,12,14H2,1H3,(H2,27,32)(H2,28,29,30,31). The van der Waals surface area contributed by atoms with Crippen LogP contribution in [0.4, 0.5) is 16.0 Å². The first kappa shape index (κ1) is 21.2. The zero-order valence-electron chi connectivity index (χ0n) is 17.7. The van der Waals surface area contributed by atoms with Crippen LogP contribution in [0.25, 0.3) is 10.8 Å². The molecule has 3 aromatic carbocycles. The molecule has 4 N–H and O–H groups in total. The van der Waals surface area contributed by atoms with E-state index in [1.165, 1.54) is 6.33 Å². The van der Waals surface area contributed by atoms with Crippen LogP contribution in [0.1, 0.15) is 29.7 Å². The monoisotopic (exact) mass is 429 g/mol. The maximum absolute atomic E-state index is 15.0. The van der Waals surface area contributed by atoms with Gasteiger partial charge in [-0.2, -0.15) is 4.39 Å². The number of carbonyl (C=O) groups excluding carboxylic acids is 1. The van der Waals surface area contributed by atoms with Crippen LogP contribution in [0.15, 0.2) is 73.1 Å². The predicted octanol–water partition coefficient (Wildman–Crippen LogP) is 4.58. The van der Waals surface area contributed by atoms with Gasteiger partial charge in [0.1, 0.15) is 6.33 Å². The fourth-order valence-corrected chi connectivity index (χ4v) is 3.52. The van der Waals surface area contributed by atoms with Crippen molar-refractivity contribution in [3.05, 3.63) is 95.6 Å². The lowest BCUT2D eigenvalue weighted by atomic mass is 10.0. The summed E-state index contributed by atoms with van der Waals surface area (Å²) in [6.45, 7) is 2.34.